The van der Waals surface area contributed by atoms with Gasteiger partial charge in [-0.3, -0.25) is 0 Å². The fourth-order valence-electron chi connectivity index (χ4n) is 17.3. The number of aromatic nitrogens is 7. The second kappa shape index (κ2) is 31.2. The van der Waals surface area contributed by atoms with Crippen molar-refractivity contribution in [3.05, 3.63) is 443 Å². The molecule has 4 heterocycles. The minimum atomic E-state index is 0.516. The summed E-state index contributed by atoms with van der Waals surface area (Å²) in [4.78, 5) is 33.4. The molecule has 0 saturated carbocycles. The molecule has 0 N–H and O–H groups in total. The molecule has 0 aliphatic carbocycles. The summed E-state index contributed by atoms with van der Waals surface area (Å²) in [6, 6.07) is 157. The molecule has 0 amide bonds. The molecule has 0 aliphatic rings. The van der Waals surface area contributed by atoms with Crippen LogP contribution < -0.4 is 0 Å². The minimum absolute atomic E-state index is 0.516. The first-order valence-electron chi connectivity index (χ1n) is 41.2. The SMILES string of the molecule is c1ccc(-c2cc(-c3ccccc3)cc(-c3nc(-c4cc(-c5ccccc5)cc(-c5ccccc5)c4)nc(-c4cccc(-c5cccc6c5oc5c(-c7cccc(-c8nc(-c9cc(-c%10ccccc%10)cc(-c%10ccccc%10)c9)nc(-c9cc(-c%10ccccc%10)cc(-c%10ccccc%10)c9)n8)c7)cc7c8ccccc8n(-c8ccccc8)c7c56)c4)n3)c2)cc1. The van der Waals surface area contributed by atoms with E-state index in [-0.39, 0.29) is 0 Å². The lowest BCUT2D eigenvalue weighted by molar-refractivity contribution is 0.671. The van der Waals surface area contributed by atoms with Crippen LogP contribution in [0.5, 0.6) is 0 Å². The Bertz CT molecular complexity index is 7170. The summed E-state index contributed by atoms with van der Waals surface area (Å²) in [5.41, 5.74) is 30.3. The van der Waals surface area contributed by atoms with Gasteiger partial charge < -0.3 is 8.98 Å². The van der Waals surface area contributed by atoms with Gasteiger partial charge in [-0.05, 0) is 209 Å². The molecule has 0 bridgehead atoms. The molecule has 8 nitrogen and oxygen atoms in total. The van der Waals surface area contributed by atoms with E-state index in [1.54, 1.807) is 0 Å². The van der Waals surface area contributed by atoms with Crippen LogP contribution in [0.15, 0.2) is 447 Å². The summed E-state index contributed by atoms with van der Waals surface area (Å²) in [5.74, 6) is 3.19. The molecule has 570 valence electrons. The van der Waals surface area contributed by atoms with E-state index >= 15 is 0 Å². The van der Waals surface area contributed by atoms with Crippen LogP contribution >= 0.6 is 0 Å². The van der Waals surface area contributed by atoms with E-state index in [1.165, 1.54) is 0 Å². The van der Waals surface area contributed by atoms with Crippen molar-refractivity contribution in [3.63, 3.8) is 0 Å². The lowest BCUT2D eigenvalue weighted by Gasteiger charge is -2.14. The molecule has 4 aromatic heterocycles. The first kappa shape index (κ1) is 72.1. The fraction of sp³-hybridized carbons (Fsp3) is 0. The van der Waals surface area contributed by atoms with Crippen LogP contribution in [0.4, 0.5) is 0 Å². The van der Waals surface area contributed by atoms with Crippen LogP contribution in [0.3, 0.4) is 0 Å². The van der Waals surface area contributed by atoms with E-state index < -0.39 is 0 Å². The number of rotatable bonds is 17. The van der Waals surface area contributed by atoms with Crippen molar-refractivity contribution in [1.82, 2.24) is 34.5 Å². The van der Waals surface area contributed by atoms with E-state index in [1.807, 2.05) is 0 Å². The number of hydrogen-bond acceptors (Lipinski definition) is 7. The summed E-state index contributed by atoms with van der Waals surface area (Å²) in [7, 11) is 0. The van der Waals surface area contributed by atoms with Crippen molar-refractivity contribution >= 4 is 43.7 Å². The zero-order valence-electron chi connectivity index (χ0n) is 66.2. The molecular formula is C114H73N7O. The maximum atomic E-state index is 7.80. The average Bonchev–Trinajstić information content (AvgIpc) is 1.54. The van der Waals surface area contributed by atoms with Crippen molar-refractivity contribution in [1.29, 1.82) is 0 Å². The molecule has 0 saturated heterocycles. The van der Waals surface area contributed by atoms with E-state index in [4.69, 9.17) is 34.3 Å². The highest BCUT2D eigenvalue weighted by Crippen LogP contribution is 2.49. The van der Waals surface area contributed by atoms with Crippen LogP contribution in [0.25, 0.3) is 229 Å². The summed E-state index contributed by atoms with van der Waals surface area (Å²) in [6.07, 6.45) is 0. The fourth-order valence-corrected chi connectivity index (χ4v) is 17.3. The van der Waals surface area contributed by atoms with Gasteiger partial charge in [-0.1, -0.05) is 334 Å². The van der Waals surface area contributed by atoms with Gasteiger partial charge in [0.1, 0.15) is 11.2 Å². The van der Waals surface area contributed by atoms with Crippen LogP contribution in [0.1, 0.15) is 0 Å². The van der Waals surface area contributed by atoms with Crippen molar-refractivity contribution in [2.24, 2.45) is 0 Å². The molecule has 0 aliphatic heterocycles. The Labute approximate surface area is 706 Å². The van der Waals surface area contributed by atoms with Gasteiger partial charge in [0, 0.05) is 66.4 Å². The van der Waals surface area contributed by atoms with Crippen molar-refractivity contribution in [2.75, 3.05) is 0 Å². The standard InChI is InChI=1S/C114H73N7O/c1-10-33-74(34-11-1)86-61-87(75-35-12-2-13-36-75)66-94(65-86)111-115-109(116-112(119-111)95-67-88(76-37-14-3-15-38-76)62-89(68-95)77-39-16-4-17-40-77)84-51-30-49-82(59-84)99-56-32-57-101-105-106-103(100-55-28-29-58-104(100)121(106)98-53-26-9-27-54-98)73-102(108(105)122-107(99)101)83-50-31-52-85(60-83)110-117-113(96-69-90(78-41-18-5-19-42-78)63-91(70-96)79-43-20-6-21-44-79)120-114(118-110)97-71-92(80-45-22-7-23-46-80)64-93(72-97)81-47-24-8-25-48-81/h1-73H. The summed E-state index contributed by atoms with van der Waals surface area (Å²) in [5, 5.41) is 4.13. The van der Waals surface area contributed by atoms with Gasteiger partial charge in [0.2, 0.25) is 0 Å². The number of fused-ring (bicyclic) bond motifs is 7. The topological polar surface area (TPSA) is 95.4 Å². The largest absolute Gasteiger partial charge is 0.455 e. The summed E-state index contributed by atoms with van der Waals surface area (Å²) in [6.45, 7) is 0. The Kier molecular flexibility index (Phi) is 18.4. The maximum Gasteiger partial charge on any atom is 0.164 e. The minimum Gasteiger partial charge on any atom is -0.455 e. The number of nitrogens with zero attached hydrogens (tertiary/aromatic N) is 7. The number of benzene rings is 18. The predicted octanol–water partition coefficient (Wildman–Crippen LogP) is 29.7. The highest BCUT2D eigenvalue weighted by Gasteiger charge is 2.27. The molecular weight excluding hydrogens is 1480 g/mol. The second-order valence-corrected chi connectivity index (χ2v) is 30.9. The monoisotopic (exact) mass is 1560 g/mol. The zero-order valence-corrected chi connectivity index (χ0v) is 66.2. The van der Waals surface area contributed by atoms with Gasteiger partial charge in [-0.2, -0.15) is 0 Å². The molecule has 0 fully saturated rings. The molecule has 22 rings (SSSR count). The van der Waals surface area contributed by atoms with Gasteiger partial charge in [-0.15, -0.1) is 0 Å². The van der Waals surface area contributed by atoms with Crippen LogP contribution in [0.2, 0.25) is 0 Å². The third-order valence-electron chi connectivity index (χ3n) is 23.2. The predicted molar refractivity (Wildman–Crippen MR) is 502 cm³/mol. The molecule has 0 unspecified atom stereocenters. The molecule has 0 spiro atoms. The maximum absolute atomic E-state index is 7.80. The Morgan fingerprint density at radius 3 is 0.746 bits per heavy atom. The third-order valence-corrected chi connectivity index (χ3v) is 23.2. The average molecular weight is 1560 g/mol. The number of hydrogen-bond donors (Lipinski definition) is 0. The van der Waals surface area contributed by atoms with Crippen LogP contribution in [-0.2, 0) is 0 Å². The molecule has 122 heavy (non-hydrogen) atoms. The lowest BCUT2D eigenvalue weighted by atomic mass is 9.95. The third kappa shape index (κ3) is 13.8. The van der Waals surface area contributed by atoms with E-state index in [2.05, 4.69) is 447 Å². The van der Waals surface area contributed by atoms with Crippen molar-refractivity contribution in [2.45, 2.75) is 0 Å². The molecule has 0 radical (unpaired) electrons. The Hall–Kier alpha value is -16.4. The molecule has 22 aromatic rings. The first-order chi connectivity index (χ1) is 60.4. The Morgan fingerprint density at radius 1 is 0.164 bits per heavy atom. The van der Waals surface area contributed by atoms with Gasteiger partial charge in [0.15, 0.2) is 34.9 Å². The van der Waals surface area contributed by atoms with Crippen LogP contribution in [0, 0.1) is 0 Å². The van der Waals surface area contributed by atoms with Gasteiger partial charge in [0.05, 0.1) is 16.4 Å². The van der Waals surface area contributed by atoms with Crippen LogP contribution in [-0.4, -0.2) is 34.5 Å². The first-order valence-corrected chi connectivity index (χ1v) is 41.2. The summed E-state index contributed by atoms with van der Waals surface area (Å²) >= 11 is 0. The quantitative estimate of drug-likeness (QED) is 0.0896. The normalized spacial score (nSPS) is 11.4. The van der Waals surface area contributed by atoms with E-state index in [0.29, 0.717) is 34.9 Å². The van der Waals surface area contributed by atoms with E-state index in [0.717, 1.165) is 194 Å². The van der Waals surface area contributed by atoms with Gasteiger partial charge in [0.25, 0.3) is 0 Å². The number of furan rings is 1. The molecule has 8 heteroatoms. The smallest absolute Gasteiger partial charge is 0.164 e. The highest BCUT2D eigenvalue weighted by atomic mass is 16.3. The van der Waals surface area contributed by atoms with Gasteiger partial charge >= 0.3 is 0 Å². The Balaban J connectivity index is 0.745. The van der Waals surface area contributed by atoms with Crippen molar-refractivity contribution < 1.29 is 4.42 Å². The van der Waals surface area contributed by atoms with Gasteiger partial charge in [-0.25, -0.2) is 29.9 Å². The zero-order chi connectivity index (χ0) is 80.8. The number of para-hydroxylation sites is 3. The Morgan fingerprint density at radius 2 is 0.410 bits per heavy atom. The highest BCUT2D eigenvalue weighted by molar-refractivity contribution is 6.28. The second-order valence-electron chi connectivity index (χ2n) is 30.9. The van der Waals surface area contributed by atoms with E-state index in [9.17, 15) is 0 Å². The van der Waals surface area contributed by atoms with Crippen molar-refractivity contribution in [3.8, 4) is 185 Å². The lowest BCUT2D eigenvalue weighted by Crippen LogP contribution is -2.01. The summed E-state index contributed by atoms with van der Waals surface area (Å²) < 4.78 is 10.2. The molecule has 0 atom stereocenters. The molecule has 18 aromatic carbocycles.